The van der Waals surface area contributed by atoms with Crippen molar-refractivity contribution in [3.05, 3.63) is 28.3 Å². The standard InChI is InChI=1S/C12H14N2O6S/c1-7(15)13-8(12(16)17)6-21-10-5-3-4-9(20-2)11(10)14(18)19/h3-5,8H,6H2,1-2H3,(H,13,15)(H,16,17)/t8-/m0/s1. The number of nitrogens with one attached hydrogen (secondary N) is 1. The lowest BCUT2D eigenvalue weighted by Gasteiger charge is -2.13. The van der Waals surface area contributed by atoms with Gasteiger partial charge in [-0.15, -0.1) is 11.8 Å². The van der Waals surface area contributed by atoms with Crippen molar-refractivity contribution in [1.29, 1.82) is 0 Å². The van der Waals surface area contributed by atoms with E-state index in [1.165, 1.54) is 26.2 Å². The van der Waals surface area contributed by atoms with E-state index >= 15 is 0 Å². The van der Waals surface area contributed by atoms with E-state index in [0.717, 1.165) is 11.8 Å². The average molecular weight is 314 g/mol. The number of amides is 1. The van der Waals surface area contributed by atoms with Gasteiger partial charge >= 0.3 is 11.7 Å². The second-order valence-electron chi connectivity index (χ2n) is 3.97. The summed E-state index contributed by atoms with van der Waals surface area (Å²) >= 11 is 0.966. The van der Waals surface area contributed by atoms with Gasteiger partial charge in [0.2, 0.25) is 5.91 Å². The maximum absolute atomic E-state index is 11.1. The number of carbonyl (C=O) groups excluding carboxylic acids is 1. The number of ether oxygens (including phenoxy) is 1. The molecule has 0 aromatic heterocycles. The predicted octanol–water partition coefficient (Wildman–Crippen LogP) is 1.28. The number of carbonyl (C=O) groups is 2. The number of nitro benzene ring substituents is 1. The minimum Gasteiger partial charge on any atom is -0.490 e. The van der Waals surface area contributed by atoms with Crippen LogP contribution in [0.25, 0.3) is 0 Å². The van der Waals surface area contributed by atoms with Gasteiger partial charge in [0.05, 0.1) is 16.9 Å². The van der Waals surface area contributed by atoms with Gasteiger partial charge in [-0.3, -0.25) is 14.9 Å². The molecule has 1 amide bonds. The molecule has 0 unspecified atom stereocenters. The van der Waals surface area contributed by atoms with Gasteiger partial charge in [-0.05, 0) is 12.1 Å². The predicted molar refractivity (Wildman–Crippen MR) is 75.6 cm³/mol. The summed E-state index contributed by atoms with van der Waals surface area (Å²) in [5.41, 5.74) is -0.225. The van der Waals surface area contributed by atoms with Crippen molar-refractivity contribution in [3.8, 4) is 5.75 Å². The molecule has 0 saturated heterocycles. The van der Waals surface area contributed by atoms with Crippen molar-refractivity contribution in [2.45, 2.75) is 17.9 Å². The molecule has 0 fully saturated rings. The molecule has 21 heavy (non-hydrogen) atoms. The van der Waals surface area contributed by atoms with E-state index in [4.69, 9.17) is 9.84 Å². The van der Waals surface area contributed by atoms with Crippen molar-refractivity contribution < 1.29 is 24.4 Å². The topological polar surface area (TPSA) is 119 Å². The SMILES string of the molecule is COc1cccc(SC[C@H](NC(C)=O)C(=O)O)c1[N+](=O)[O-]. The monoisotopic (exact) mass is 314 g/mol. The van der Waals surface area contributed by atoms with Gasteiger partial charge in [0.1, 0.15) is 6.04 Å². The van der Waals surface area contributed by atoms with Gasteiger partial charge in [0, 0.05) is 12.7 Å². The minimum absolute atomic E-state index is 0.0388. The van der Waals surface area contributed by atoms with Crippen LogP contribution in [-0.2, 0) is 9.59 Å². The first-order chi connectivity index (χ1) is 9.86. The molecule has 0 radical (unpaired) electrons. The second kappa shape index (κ2) is 7.48. The van der Waals surface area contributed by atoms with Crippen LogP contribution in [-0.4, -0.2) is 40.8 Å². The highest BCUT2D eigenvalue weighted by atomic mass is 32.2. The molecule has 0 aliphatic rings. The Kier molecular flexibility index (Phi) is 5.97. The van der Waals surface area contributed by atoms with Crippen LogP contribution in [0.4, 0.5) is 5.69 Å². The Labute approximate surface area is 124 Å². The van der Waals surface area contributed by atoms with E-state index < -0.39 is 22.8 Å². The molecule has 0 saturated carbocycles. The Morgan fingerprint density at radius 2 is 2.19 bits per heavy atom. The van der Waals surface area contributed by atoms with Gasteiger partial charge in [-0.25, -0.2) is 4.79 Å². The first kappa shape index (κ1) is 16.8. The van der Waals surface area contributed by atoms with Crippen molar-refractivity contribution in [2.24, 2.45) is 0 Å². The van der Waals surface area contributed by atoms with Gasteiger partial charge in [-0.1, -0.05) is 6.07 Å². The summed E-state index contributed by atoms with van der Waals surface area (Å²) in [7, 11) is 1.31. The molecule has 0 aliphatic carbocycles. The maximum Gasteiger partial charge on any atom is 0.327 e. The molecule has 114 valence electrons. The average Bonchev–Trinajstić information content (AvgIpc) is 2.41. The third kappa shape index (κ3) is 4.63. The van der Waals surface area contributed by atoms with Crippen LogP contribution in [0.2, 0.25) is 0 Å². The number of rotatable bonds is 7. The molecule has 0 heterocycles. The van der Waals surface area contributed by atoms with E-state index in [0.29, 0.717) is 0 Å². The molecule has 8 nitrogen and oxygen atoms in total. The zero-order chi connectivity index (χ0) is 16.0. The maximum atomic E-state index is 11.1. The molecule has 1 aromatic carbocycles. The van der Waals surface area contributed by atoms with Crippen LogP contribution in [0.5, 0.6) is 5.75 Å². The molecule has 2 N–H and O–H groups in total. The van der Waals surface area contributed by atoms with E-state index in [1.54, 1.807) is 6.07 Å². The molecule has 9 heteroatoms. The largest absolute Gasteiger partial charge is 0.490 e. The molecular weight excluding hydrogens is 300 g/mol. The van der Waals surface area contributed by atoms with Gasteiger partial charge in [-0.2, -0.15) is 0 Å². The highest BCUT2D eigenvalue weighted by Gasteiger charge is 2.24. The Morgan fingerprint density at radius 3 is 2.67 bits per heavy atom. The van der Waals surface area contributed by atoms with Crippen LogP contribution in [0.3, 0.4) is 0 Å². The number of aliphatic carboxylic acids is 1. The molecule has 0 spiro atoms. The molecule has 1 aromatic rings. The smallest absolute Gasteiger partial charge is 0.327 e. The summed E-state index contributed by atoms with van der Waals surface area (Å²) in [5, 5.41) is 22.3. The molecule has 1 rings (SSSR count). The quantitative estimate of drug-likeness (QED) is 0.442. The highest BCUT2D eigenvalue weighted by Crippen LogP contribution is 2.37. The first-order valence-corrected chi connectivity index (χ1v) is 6.79. The number of thioether (sulfide) groups is 1. The normalized spacial score (nSPS) is 11.5. The van der Waals surface area contributed by atoms with Crippen LogP contribution in [0.15, 0.2) is 23.1 Å². The fraction of sp³-hybridized carbons (Fsp3) is 0.333. The van der Waals surface area contributed by atoms with Crippen LogP contribution in [0.1, 0.15) is 6.92 Å². The number of nitro groups is 1. The summed E-state index contributed by atoms with van der Waals surface area (Å²) in [5.74, 6) is -1.63. The second-order valence-corrected chi connectivity index (χ2v) is 5.03. The lowest BCUT2D eigenvalue weighted by Crippen LogP contribution is -2.41. The van der Waals surface area contributed by atoms with Crippen LogP contribution >= 0.6 is 11.8 Å². The Hall–Kier alpha value is -2.29. The summed E-state index contributed by atoms with van der Waals surface area (Å²) in [4.78, 5) is 32.7. The lowest BCUT2D eigenvalue weighted by atomic mass is 10.3. The third-order valence-corrected chi connectivity index (χ3v) is 3.59. The fourth-order valence-corrected chi connectivity index (χ4v) is 2.62. The molecular formula is C12H14N2O6S. The summed E-state index contributed by atoms with van der Waals surface area (Å²) in [6.07, 6.45) is 0. The Balaban J connectivity index is 2.94. The summed E-state index contributed by atoms with van der Waals surface area (Å²) in [6.45, 7) is 1.20. The number of methoxy groups -OCH3 is 1. The molecule has 0 aliphatic heterocycles. The first-order valence-electron chi connectivity index (χ1n) is 5.81. The van der Waals surface area contributed by atoms with Crippen molar-refractivity contribution in [1.82, 2.24) is 5.32 Å². The van der Waals surface area contributed by atoms with Crippen molar-refractivity contribution >= 4 is 29.3 Å². The number of hydrogen-bond acceptors (Lipinski definition) is 6. The molecule has 1 atom stereocenters. The minimum atomic E-state index is -1.21. The van der Waals surface area contributed by atoms with Crippen molar-refractivity contribution in [3.63, 3.8) is 0 Å². The number of carboxylic acids is 1. The van der Waals surface area contributed by atoms with Gasteiger partial charge in [0.25, 0.3) is 0 Å². The van der Waals surface area contributed by atoms with Crippen LogP contribution in [0, 0.1) is 10.1 Å². The number of carboxylic acid groups (broad SMARTS) is 1. The Bertz CT molecular complexity index is 563. The van der Waals surface area contributed by atoms with Gasteiger partial charge in [0.15, 0.2) is 5.75 Å². The van der Waals surface area contributed by atoms with E-state index in [-0.39, 0.29) is 22.1 Å². The van der Waals surface area contributed by atoms with Crippen molar-refractivity contribution in [2.75, 3.05) is 12.9 Å². The Morgan fingerprint density at radius 1 is 1.52 bits per heavy atom. The van der Waals surface area contributed by atoms with E-state index in [1.807, 2.05) is 0 Å². The van der Waals surface area contributed by atoms with Gasteiger partial charge < -0.3 is 15.2 Å². The number of benzene rings is 1. The molecule has 0 bridgehead atoms. The number of hydrogen-bond donors (Lipinski definition) is 2. The summed E-state index contributed by atoms with van der Waals surface area (Å²) < 4.78 is 4.93. The van der Waals surface area contributed by atoms with E-state index in [2.05, 4.69) is 5.32 Å². The third-order valence-electron chi connectivity index (χ3n) is 2.45. The zero-order valence-corrected chi connectivity index (χ0v) is 12.2. The van der Waals surface area contributed by atoms with Crippen LogP contribution < -0.4 is 10.1 Å². The zero-order valence-electron chi connectivity index (χ0n) is 11.4. The van der Waals surface area contributed by atoms with E-state index in [9.17, 15) is 19.7 Å². The lowest BCUT2D eigenvalue weighted by molar-refractivity contribution is -0.388. The summed E-state index contributed by atoms with van der Waals surface area (Å²) in [6, 6.07) is 3.39. The fourth-order valence-electron chi connectivity index (χ4n) is 1.56. The number of para-hydroxylation sites is 1. The number of nitrogens with zero attached hydrogens (tertiary/aromatic N) is 1. The highest BCUT2D eigenvalue weighted by molar-refractivity contribution is 7.99.